The summed E-state index contributed by atoms with van der Waals surface area (Å²) < 4.78 is 0. The van der Waals surface area contributed by atoms with Crippen LogP contribution in [-0.4, -0.2) is 49.6 Å². The topological polar surface area (TPSA) is 39.7 Å². The monoisotopic (exact) mass is 410 g/mol. The van der Waals surface area contributed by atoms with Gasteiger partial charge in [0.2, 0.25) is 0 Å². The van der Waals surface area contributed by atoms with E-state index in [4.69, 9.17) is 0 Å². The summed E-state index contributed by atoms with van der Waals surface area (Å²) in [6, 6.07) is 1.24. The number of halogens is 1. The molecule has 1 heterocycles. The molecule has 0 radical (unpaired) electrons. The molecule has 0 aliphatic carbocycles. The minimum absolute atomic E-state index is 0. The lowest BCUT2D eigenvalue weighted by Gasteiger charge is -2.35. The van der Waals surface area contributed by atoms with Gasteiger partial charge >= 0.3 is 0 Å². The molecule has 0 aromatic heterocycles. The predicted molar refractivity (Wildman–Crippen MR) is 104 cm³/mol. The summed E-state index contributed by atoms with van der Waals surface area (Å²) in [5, 5.41) is 7.06. The van der Waals surface area contributed by atoms with E-state index in [9.17, 15) is 0 Å². The smallest absolute Gasteiger partial charge is 0.191 e. The standard InChI is InChI=1S/C16H34N4.HI/c1-6-14(7-2)12-18-16(17-5)19-15-8-10-20(11-9-15)13(3)4;/h13-15H,6-12H2,1-5H3,(H2,17,18,19);1H. The van der Waals surface area contributed by atoms with E-state index in [0.717, 1.165) is 18.4 Å². The first-order chi connectivity index (χ1) is 9.60. The molecule has 0 atom stereocenters. The molecule has 0 saturated carbocycles. The Hall–Kier alpha value is -0.0400. The lowest BCUT2D eigenvalue weighted by atomic mass is 10.0. The summed E-state index contributed by atoms with van der Waals surface area (Å²) in [4.78, 5) is 6.91. The van der Waals surface area contributed by atoms with Crippen LogP contribution in [0.2, 0.25) is 0 Å². The minimum atomic E-state index is 0. The fraction of sp³-hybridized carbons (Fsp3) is 0.938. The Morgan fingerprint density at radius 3 is 2.19 bits per heavy atom. The lowest BCUT2D eigenvalue weighted by molar-refractivity contribution is 0.167. The maximum absolute atomic E-state index is 4.36. The van der Waals surface area contributed by atoms with Gasteiger partial charge < -0.3 is 15.5 Å². The second kappa shape index (κ2) is 11.5. The summed E-state index contributed by atoms with van der Waals surface area (Å²) >= 11 is 0. The van der Waals surface area contributed by atoms with Gasteiger partial charge in [-0.2, -0.15) is 0 Å². The minimum Gasteiger partial charge on any atom is -0.356 e. The molecule has 0 spiro atoms. The van der Waals surface area contributed by atoms with Crippen LogP contribution in [0.25, 0.3) is 0 Å². The molecule has 126 valence electrons. The first-order valence-electron chi connectivity index (χ1n) is 8.31. The van der Waals surface area contributed by atoms with E-state index in [2.05, 4.69) is 48.2 Å². The van der Waals surface area contributed by atoms with E-state index in [1.54, 1.807) is 0 Å². The fourth-order valence-corrected chi connectivity index (χ4v) is 2.77. The molecule has 2 N–H and O–H groups in total. The third-order valence-corrected chi connectivity index (χ3v) is 4.54. The summed E-state index contributed by atoms with van der Waals surface area (Å²) in [5.74, 6) is 1.72. The summed E-state index contributed by atoms with van der Waals surface area (Å²) in [5.41, 5.74) is 0. The van der Waals surface area contributed by atoms with Crippen LogP contribution in [0.5, 0.6) is 0 Å². The van der Waals surface area contributed by atoms with E-state index in [1.165, 1.54) is 38.8 Å². The second-order valence-electron chi connectivity index (χ2n) is 6.18. The summed E-state index contributed by atoms with van der Waals surface area (Å²) in [6.45, 7) is 12.5. The van der Waals surface area contributed by atoms with Gasteiger partial charge in [0.25, 0.3) is 0 Å². The highest BCUT2D eigenvalue weighted by molar-refractivity contribution is 14.0. The predicted octanol–water partition coefficient (Wildman–Crippen LogP) is 3.08. The molecule has 1 fully saturated rings. The average Bonchev–Trinajstić information content (AvgIpc) is 2.47. The highest BCUT2D eigenvalue weighted by Crippen LogP contribution is 2.12. The summed E-state index contributed by atoms with van der Waals surface area (Å²) in [7, 11) is 1.87. The molecule has 0 aromatic rings. The van der Waals surface area contributed by atoms with Crippen molar-refractivity contribution in [1.82, 2.24) is 15.5 Å². The second-order valence-corrected chi connectivity index (χ2v) is 6.18. The lowest BCUT2D eigenvalue weighted by Crippen LogP contribution is -2.50. The van der Waals surface area contributed by atoms with Crippen molar-refractivity contribution in [2.75, 3.05) is 26.7 Å². The number of likely N-dealkylation sites (tertiary alicyclic amines) is 1. The molecule has 0 amide bonds. The third-order valence-electron chi connectivity index (χ3n) is 4.54. The van der Waals surface area contributed by atoms with Crippen LogP contribution < -0.4 is 10.6 Å². The Morgan fingerprint density at radius 1 is 1.19 bits per heavy atom. The van der Waals surface area contributed by atoms with Gasteiger partial charge in [0, 0.05) is 38.8 Å². The molecule has 1 rings (SSSR count). The quantitative estimate of drug-likeness (QED) is 0.402. The van der Waals surface area contributed by atoms with Crippen LogP contribution in [0.1, 0.15) is 53.4 Å². The number of hydrogen-bond donors (Lipinski definition) is 2. The molecule has 0 aromatic carbocycles. The van der Waals surface area contributed by atoms with Gasteiger partial charge in [0.05, 0.1) is 0 Å². The largest absolute Gasteiger partial charge is 0.356 e. The van der Waals surface area contributed by atoms with Gasteiger partial charge in [0.1, 0.15) is 0 Å². The highest BCUT2D eigenvalue weighted by Gasteiger charge is 2.21. The number of rotatable bonds is 6. The first kappa shape index (κ1) is 21.0. The first-order valence-corrected chi connectivity index (χ1v) is 8.31. The van der Waals surface area contributed by atoms with E-state index in [1.807, 2.05) is 7.05 Å². The van der Waals surface area contributed by atoms with Crippen LogP contribution >= 0.6 is 24.0 Å². The Bertz CT molecular complexity index is 282. The Labute approximate surface area is 148 Å². The molecule has 21 heavy (non-hydrogen) atoms. The van der Waals surface area contributed by atoms with Gasteiger partial charge in [-0.05, 0) is 32.6 Å². The van der Waals surface area contributed by atoms with Crippen LogP contribution in [0, 0.1) is 5.92 Å². The summed E-state index contributed by atoms with van der Waals surface area (Å²) in [6.07, 6.45) is 4.88. The molecule has 0 bridgehead atoms. The molecule has 0 unspecified atom stereocenters. The zero-order valence-electron chi connectivity index (χ0n) is 14.5. The number of piperidine rings is 1. The van der Waals surface area contributed by atoms with Gasteiger partial charge in [-0.25, -0.2) is 0 Å². The van der Waals surface area contributed by atoms with Gasteiger partial charge in [-0.3, -0.25) is 4.99 Å². The van der Waals surface area contributed by atoms with Crippen LogP contribution in [-0.2, 0) is 0 Å². The van der Waals surface area contributed by atoms with E-state index in [0.29, 0.717) is 12.1 Å². The molecule has 1 aliphatic heterocycles. The van der Waals surface area contributed by atoms with Crippen molar-refractivity contribution in [1.29, 1.82) is 0 Å². The molecule has 1 saturated heterocycles. The SMILES string of the molecule is CCC(CC)CNC(=NC)NC1CCN(C(C)C)CC1.I. The van der Waals surface area contributed by atoms with Crippen LogP contribution in [0.4, 0.5) is 0 Å². The zero-order chi connectivity index (χ0) is 15.0. The van der Waals surface area contributed by atoms with Crippen molar-refractivity contribution in [2.45, 2.75) is 65.5 Å². The molecular weight excluding hydrogens is 375 g/mol. The van der Waals surface area contributed by atoms with Crippen LogP contribution in [0.3, 0.4) is 0 Å². The van der Waals surface area contributed by atoms with Crippen molar-refractivity contribution < 1.29 is 0 Å². The van der Waals surface area contributed by atoms with Crippen molar-refractivity contribution in [3.8, 4) is 0 Å². The van der Waals surface area contributed by atoms with Crippen molar-refractivity contribution in [3.05, 3.63) is 0 Å². The Balaban J connectivity index is 0.00000400. The van der Waals surface area contributed by atoms with Gasteiger partial charge in [0.15, 0.2) is 5.96 Å². The molecular formula is C16H35IN4. The van der Waals surface area contributed by atoms with Gasteiger partial charge in [-0.1, -0.05) is 26.7 Å². The van der Waals surface area contributed by atoms with Crippen LogP contribution in [0.15, 0.2) is 4.99 Å². The van der Waals surface area contributed by atoms with E-state index in [-0.39, 0.29) is 24.0 Å². The number of nitrogens with zero attached hydrogens (tertiary/aromatic N) is 2. The van der Waals surface area contributed by atoms with E-state index < -0.39 is 0 Å². The average molecular weight is 410 g/mol. The van der Waals surface area contributed by atoms with Gasteiger partial charge in [-0.15, -0.1) is 24.0 Å². The third kappa shape index (κ3) is 7.68. The molecule has 5 heteroatoms. The van der Waals surface area contributed by atoms with Crippen molar-refractivity contribution >= 4 is 29.9 Å². The molecule has 4 nitrogen and oxygen atoms in total. The van der Waals surface area contributed by atoms with Crippen molar-refractivity contribution in [2.24, 2.45) is 10.9 Å². The van der Waals surface area contributed by atoms with E-state index >= 15 is 0 Å². The number of nitrogens with one attached hydrogen (secondary N) is 2. The maximum atomic E-state index is 4.36. The zero-order valence-corrected chi connectivity index (χ0v) is 16.8. The Kier molecular flexibility index (Phi) is 11.5. The van der Waals surface area contributed by atoms with Crippen molar-refractivity contribution in [3.63, 3.8) is 0 Å². The fourth-order valence-electron chi connectivity index (χ4n) is 2.77. The molecule has 1 aliphatic rings. The Morgan fingerprint density at radius 2 is 1.76 bits per heavy atom. The number of hydrogen-bond acceptors (Lipinski definition) is 2. The number of aliphatic imine (C=N–C) groups is 1. The maximum Gasteiger partial charge on any atom is 0.191 e. The highest BCUT2D eigenvalue weighted by atomic mass is 127. The normalized spacial score (nSPS) is 18.0. The number of guanidine groups is 1.